The van der Waals surface area contributed by atoms with Gasteiger partial charge in [-0.2, -0.15) is 0 Å². The second-order valence-corrected chi connectivity index (χ2v) is 7.43. The van der Waals surface area contributed by atoms with E-state index in [1.54, 1.807) is 13.4 Å². The Morgan fingerprint density at radius 2 is 2.20 bits per heavy atom. The first-order valence-corrected chi connectivity index (χ1v) is 10.8. The van der Waals surface area contributed by atoms with Gasteiger partial charge in [0.05, 0.1) is 13.4 Å². The number of rotatable bonds is 11. The smallest absolute Gasteiger partial charge is 0.191 e. The third kappa shape index (κ3) is 6.99. The van der Waals surface area contributed by atoms with Crippen molar-refractivity contribution in [3.05, 3.63) is 48.4 Å². The predicted molar refractivity (Wildman–Crippen MR) is 120 cm³/mol. The van der Waals surface area contributed by atoms with E-state index in [-0.39, 0.29) is 0 Å². The van der Waals surface area contributed by atoms with Gasteiger partial charge in [-0.25, -0.2) is 0 Å². The van der Waals surface area contributed by atoms with Gasteiger partial charge in [-0.1, -0.05) is 6.07 Å². The monoisotopic (exact) mass is 414 g/mol. The summed E-state index contributed by atoms with van der Waals surface area (Å²) in [6, 6.07) is 12.1. The average molecular weight is 415 g/mol. The molecule has 30 heavy (non-hydrogen) atoms. The van der Waals surface area contributed by atoms with Crippen LogP contribution < -0.4 is 20.3 Å². The summed E-state index contributed by atoms with van der Waals surface area (Å²) in [4.78, 5) is 7.22. The molecule has 0 aliphatic carbocycles. The van der Waals surface area contributed by atoms with Gasteiger partial charge in [0, 0.05) is 51.1 Å². The van der Waals surface area contributed by atoms with E-state index in [9.17, 15) is 0 Å². The lowest BCUT2D eigenvalue weighted by molar-refractivity contribution is 0.105. The molecule has 1 fully saturated rings. The number of anilines is 1. The molecule has 7 heteroatoms. The number of ether oxygens (including phenoxy) is 2. The molecule has 0 amide bonds. The molecular weight excluding hydrogens is 380 g/mol. The summed E-state index contributed by atoms with van der Waals surface area (Å²) in [6.07, 6.45) is 3.73. The molecular formula is C23H34N4O3. The van der Waals surface area contributed by atoms with Crippen LogP contribution in [-0.4, -0.2) is 52.4 Å². The van der Waals surface area contributed by atoms with Crippen LogP contribution in [0.3, 0.4) is 0 Å². The Hall–Kier alpha value is -2.67. The van der Waals surface area contributed by atoms with E-state index in [1.807, 2.05) is 24.3 Å². The van der Waals surface area contributed by atoms with Crippen LogP contribution in [-0.2, 0) is 11.3 Å². The highest BCUT2D eigenvalue weighted by molar-refractivity contribution is 5.79. The fourth-order valence-electron chi connectivity index (χ4n) is 3.53. The highest BCUT2D eigenvalue weighted by atomic mass is 16.5. The van der Waals surface area contributed by atoms with Crippen molar-refractivity contribution in [3.63, 3.8) is 0 Å². The van der Waals surface area contributed by atoms with Gasteiger partial charge in [0.15, 0.2) is 5.96 Å². The number of guanidine groups is 1. The third-order valence-corrected chi connectivity index (χ3v) is 5.14. The second kappa shape index (κ2) is 12.1. The van der Waals surface area contributed by atoms with Crippen molar-refractivity contribution in [2.45, 2.75) is 26.4 Å². The third-order valence-electron chi connectivity index (χ3n) is 5.14. The molecule has 0 radical (unpaired) electrons. The van der Waals surface area contributed by atoms with Crippen LogP contribution in [0.5, 0.6) is 5.75 Å². The van der Waals surface area contributed by atoms with Crippen molar-refractivity contribution >= 4 is 11.6 Å². The molecule has 1 aliphatic rings. The fourth-order valence-corrected chi connectivity index (χ4v) is 3.53. The minimum Gasteiger partial charge on any atom is -0.497 e. The zero-order valence-corrected chi connectivity index (χ0v) is 18.1. The van der Waals surface area contributed by atoms with Gasteiger partial charge >= 0.3 is 0 Å². The average Bonchev–Trinajstić information content (AvgIpc) is 3.46. The molecule has 3 rings (SSSR count). The van der Waals surface area contributed by atoms with Crippen LogP contribution in [0.15, 0.2) is 52.1 Å². The fraction of sp³-hybridized carbons (Fsp3) is 0.522. The van der Waals surface area contributed by atoms with Gasteiger partial charge in [0.2, 0.25) is 0 Å². The van der Waals surface area contributed by atoms with Gasteiger partial charge in [0.1, 0.15) is 18.1 Å². The molecule has 1 saturated heterocycles. The van der Waals surface area contributed by atoms with Crippen molar-refractivity contribution < 1.29 is 13.9 Å². The summed E-state index contributed by atoms with van der Waals surface area (Å²) in [5.41, 5.74) is 1.22. The molecule has 1 unspecified atom stereocenters. The standard InChI is InChI=1S/C23H34N4O3/c1-3-24-23(25-11-6-13-29-18-22-9-5-14-30-22)26-16-19-10-12-27(17-19)20-7-4-8-21(15-20)28-2/h4-5,7-9,14-15,19H,3,6,10-13,16-18H2,1-2H3,(H2,24,25,26). The Morgan fingerprint density at radius 1 is 1.27 bits per heavy atom. The highest BCUT2D eigenvalue weighted by Gasteiger charge is 2.22. The Kier molecular flexibility index (Phi) is 8.90. The van der Waals surface area contributed by atoms with Crippen LogP contribution >= 0.6 is 0 Å². The predicted octanol–water partition coefficient (Wildman–Crippen LogP) is 3.28. The van der Waals surface area contributed by atoms with E-state index < -0.39 is 0 Å². The molecule has 164 valence electrons. The van der Waals surface area contributed by atoms with E-state index in [1.165, 1.54) is 5.69 Å². The number of nitrogens with zero attached hydrogens (tertiary/aromatic N) is 2. The minimum atomic E-state index is 0.520. The SMILES string of the molecule is CCNC(=NCC1CCN(c2cccc(OC)c2)C1)NCCCOCc1ccco1. The Morgan fingerprint density at radius 3 is 3.00 bits per heavy atom. The van der Waals surface area contributed by atoms with Gasteiger partial charge in [0.25, 0.3) is 0 Å². The first kappa shape index (κ1) is 22.0. The lowest BCUT2D eigenvalue weighted by Crippen LogP contribution is -2.38. The van der Waals surface area contributed by atoms with Crippen molar-refractivity contribution in [1.82, 2.24) is 10.6 Å². The van der Waals surface area contributed by atoms with E-state index >= 15 is 0 Å². The molecule has 1 atom stereocenters. The largest absolute Gasteiger partial charge is 0.497 e. The van der Waals surface area contributed by atoms with E-state index in [2.05, 4.69) is 34.6 Å². The summed E-state index contributed by atoms with van der Waals surface area (Å²) in [7, 11) is 1.71. The number of benzene rings is 1. The molecule has 2 N–H and O–H groups in total. The zero-order chi connectivity index (χ0) is 21.0. The maximum atomic E-state index is 5.62. The van der Waals surface area contributed by atoms with Crippen LogP contribution in [0, 0.1) is 5.92 Å². The van der Waals surface area contributed by atoms with Crippen LogP contribution in [0.1, 0.15) is 25.5 Å². The minimum absolute atomic E-state index is 0.520. The first-order valence-electron chi connectivity index (χ1n) is 10.8. The number of methoxy groups -OCH3 is 1. The summed E-state index contributed by atoms with van der Waals surface area (Å²) in [6.45, 7) is 7.87. The van der Waals surface area contributed by atoms with Crippen LogP contribution in [0.4, 0.5) is 5.69 Å². The van der Waals surface area contributed by atoms with E-state index in [0.717, 1.165) is 63.0 Å². The van der Waals surface area contributed by atoms with E-state index in [4.69, 9.17) is 18.9 Å². The van der Waals surface area contributed by atoms with E-state index in [0.29, 0.717) is 19.1 Å². The lowest BCUT2D eigenvalue weighted by atomic mass is 10.1. The molecule has 1 aromatic carbocycles. The summed E-state index contributed by atoms with van der Waals surface area (Å²) in [5.74, 6) is 3.20. The maximum Gasteiger partial charge on any atom is 0.191 e. The second-order valence-electron chi connectivity index (χ2n) is 7.43. The Labute approximate surface area is 179 Å². The normalized spacial score (nSPS) is 16.7. The van der Waals surface area contributed by atoms with Crippen molar-refractivity contribution in [2.75, 3.05) is 51.3 Å². The molecule has 2 heterocycles. The van der Waals surface area contributed by atoms with Gasteiger partial charge in [-0.05, 0) is 49.9 Å². The molecule has 0 saturated carbocycles. The first-order chi connectivity index (χ1) is 14.8. The Bertz CT molecular complexity index is 764. The lowest BCUT2D eigenvalue weighted by Gasteiger charge is -2.19. The molecule has 0 spiro atoms. The summed E-state index contributed by atoms with van der Waals surface area (Å²) >= 11 is 0. The van der Waals surface area contributed by atoms with Crippen molar-refractivity contribution in [2.24, 2.45) is 10.9 Å². The van der Waals surface area contributed by atoms with Crippen molar-refractivity contribution in [1.29, 1.82) is 0 Å². The molecule has 2 aromatic rings. The molecule has 1 aliphatic heterocycles. The number of aliphatic imine (C=N–C) groups is 1. The number of hydrogen-bond donors (Lipinski definition) is 2. The summed E-state index contributed by atoms with van der Waals surface area (Å²) < 4.78 is 16.2. The van der Waals surface area contributed by atoms with Crippen LogP contribution in [0.25, 0.3) is 0 Å². The number of nitrogens with one attached hydrogen (secondary N) is 2. The van der Waals surface area contributed by atoms with Crippen LogP contribution in [0.2, 0.25) is 0 Å². The molecule has 1 aromatic heterocycles. The highest BCUT2D eigenvalue weighted by Crippen LogP contribution is 2.26. The summed E-state index contributed by atoms with van der Waals surface area (Å²) in [5, 5.41) is 6.73. The van der Waals surface area contributed by atoms with Gasteiger partial charge in [-0.3, -0.25) is 4.99 Å². The Balaban J connectivity index is 1.37. The zero-order valence-electron chi connectivity index (χ0n) is 18.1. The number of hydrogen-bond acceptors (Lipinski definition) is 5. The van der Waals surface area contributed by atoms with Gasteiger partial charge < -0.3 is 29.4 Å². The molecule has 0 bridgehead atoms. The number of furan rings is 1. The maximum absolute atomic E-state index is 5.62. The van der Waals surface area contributed by atoms with Crippen molar-refractivity contribution in [3.8, 4) is 5.75 Å². The molecule has 7 nitrogen and oxygen atoms in total. The van der Waals surface area contributed by atoms with Gasteiger partial charge in [-0.15, -0.1) is 0 Å². The topological polar surface area (TPSA) is 71.3 Å². The quantitative estimate of drug-likeness (QED) is 0.334.